The molecule has 0 radical (unpaired) electrons. The lowest BCUT2D eigenvalue weighted by molar-refractivity contribution is -0.140. The third-order valence-electron chi connectivity index (χ3n) is 6.13. The molecule has 0 bridgehead atoms. The van der Waals surface area contributed by atoms with E-state index in [0.717, 1.165) is 18.2 Å². The lowest BCUT2D eigenvalue weighted by Gasteiger charge is -2.14. The van der Waals surface area contributed by atoms with Crippen LogP contribution in [0.25, 0.3) is 0 Å². The van der Waals surface area contributed by atoms with Crippen LogP contribution in [0.15, 0.2) is 72.1 Å². The van der Waals surface area contributed by atoms with Gasteiger partial charge in [-0.1, -0.05) is 30.3 Å². The van der Waals surface area contributed by atoms with Gasteiger partial charge in [0.1, 0.15) is 28.3 Å². The minimum absolute atomic E-state index is 0.0140. The summed E-state index contributed by atoms with van der Waals surface area (Å²) in [4.78, 5) is 25.9. The quantitative estimate of drug-likeness (QED) is 0.138. The second kappa shape index (κ2) is 13.0. The van der Waals surface area contributed by atoms with Gasteiger partial charge in [-0.25, -0.2) is 17.6 Å². The Labute approximate surface area is 250 Å². The van der Waals surface area contributed by atoms with Crippen molar-refractivity contribution in [2.75, 3.05) is 18.5 Å². The molecule has 0 unspecified atom stereocenters. The number of hydrogen-bond donors (Lipinski definition) is 3. The molecule has 42 heavy (non-hydrogen) atoms. The van der Waals surface area contributed by atoms with Gasteiger partial charge >= 0.3 is 6.18 Å². The van der Waals surface area contributed by atoms with Crippen LogP contribution in [0, 0.1) is 11.7 Å². The summed E-state index contributed by atoms with van der Waals surface area (Å²) < 4.78 is 92.5. The summed E-state index contributed by atoms with van der Waals surface area (Å²) >= 11 is 18.5. The molecule has 0 spiro atoms. The van der Waals surface area contributed by atoms with Crippen molar-refractivity contribution in [2.45, 2.75) is 23.4 Å². The molecule has 2 atom stereocenters. The Bertz CT molecular complexity index is 1480. The molecule has 1 saturated carbocycles. The number of amides is 2. The smallest absolute Gasteiger partial charge is 0.378 e. The Hall–Kier alpha value is -3.22. The Morgan fingerprint density at radius 3 is 2.36 bits per heavy atom. The molecule has 226 valence electrons. The highest BCUT2D eigenvalue weighted by atomic mass is 35.5. The van der Waals surface area contributed by atoms with Crippen LogP contribution < -0.4 is 16.0 Å². The van der Waals surface area contributed by atoms with Crippen LogP contribution >= 0.6 is 34.8 Å². The van der Waals surface area contributed by atoms with Crippen molar-refractivity contribution in [3.05, 3.63) is 99.6 Å². The molecule has 0 saturated heterocycles. The van der Waals surface area contributed by atoms with Gasteiger partial charge in [-0.2, -0.15) is 13.2 Å². The fourth-order valence-corrected chi connectivity index (χ4v) is 5.09. The second-order valence-electron chi connectivity index (χ2n) is 8.92. The Kier molecular flexibility index (Phi) is 10.3. The van der Waals surface area contributed by atoms with Gasteiger partial charge in [0, 0.05) is 18.2 Å². The predicted molar refractivity (Wildman–Crippen MR) is 146 cm³/mol. The van der Waals surface area contributed by atoms with E-state index in [4.69, 9.17) is 34.8 Å². The molecule has 0 aliphatic heterocycles. The van der Waals surface area contributed by atoms with Gasteiger partial charge in [0.05, 0.1) is 27.8 Å². The number of carbonyl (C=O) groups is 2. The summed E-state index contributed by atoms with van der Waals surface area (Å²) in [6, 6.07) is 5.79. The van der Waals surface area contributed by atoms with Crippen molar-refractivity contribution in [2.24, 2.45) is 5.92 Å². The summed E-state index contributed by atoms with van der Waals surface area (Å²) in [6.45, 7) is 2.94. The van der Waals surface area contributed by atoms with Crippen LogP contribution in [0.3, 0.4) is 0 Å². The van der Waals surface area contributed by atoms with Crippen molar-refractivity contribution in [3.8, 4) is 0 Å². The third-order valence-corrected chi connectivity index (χ3v) is 7.40. The minimum Gasteiger partial charge on any atom is -0.378 e. The van der Waals surface area contributed by atoms with Crippen molar-refractivity contribution < 1.29 is 40.3 Å². The summed E-state index contributed by atoms with van der Waals surface area (Å²) in [6.07, 6.45) is -3.90. The maximum atomic E-state index is 14.9. The standard InChI is InChI=1S/C27H21Cl3F7N3O2/c1-3-19(22(34)23(12(2)32)38-9-8-31)40-24(41)15-11-14(5-6-17(15)28)39-25(42)21-20(26(21,29)30)13-4-7-18(33)16(10-13)27(35,36)37/h3-7,10-11,20-21,38H,2,8-9H2,1H3,(H,39,42)(H,40,41)/b19-3+,23-22-/t20-,21+/m0/s1. The first-order chi connectivity index (χ1) is 19.5. The molecule has 1 aliphatic carbocycles. The van der Waals surface area contributed by atoms with E-state index in [-0.39, 0.29) is 21.8 Å². The predicted octanol–water partition coefficient (Wildman–Crippen LogP) is 7.88. The van der Waals surface area contributed by atoms with E-state index in [9.17, 15) is 40.3 Å². The molecule has 0 aromatic heterocycles. The molecule has 2 aromatic rings. The van der Waals surface area contributed by atoms with Gasteiger partial charge in [0.2, 0.25) is 5.91 Å². The van der Waals surface area contributed by atoms with E-state index in [0.29, 0.717) is 12.1 Å². The van der Waals surface area contributed by atoms with E-state index < -0.39 is 81.8 Å². The van der Waals surface area contributed by atoms with Crippen LogP contribution in [0.1, 0.15) is 34.3 Å². The van der Waals surface area contributed by atoms with E-state index in [1.54, 1.807) is 0 Å². The molecular weight excluding hydrogens is 638 g/mol. The van der Waals surface area contributed by atoms with Crippen molar-refractivity contribution in [1.82, 2.24) is 10.6 Å². The summed E-state index contributed by atoms with van der Waals surface area (Å²) in [5.41, 5.74) is -3.21. The normalized spacial score (nSPS) is 18.6. The molecule has 1 aliphatic rings. The van der Waals surface area contributed by atoms with Gasteiger partial charge < -0.3 is 16.0 Å². The van der Waals surface area contributed by atoms with E-state index >= 15 is 0 Å². The highest BCUT2D eigenvalue weighted by Crippen LogP contribution is 2.65. The van der Waals surface area contributed by atoms with Crippen molar-refractivity contribution >= 4 is 52.3 Å². The van der Waals surface area contributed by atoms with Crippen LogP contribution in [-0.2, 0) is 11.0 Å². The summed E-state index contributed by atoms with van der Waals surface area (Å²) in [7, 11) is 0. The maximum Gasteiger partial charge on any atom is 0.419 e. The molecule has 3 N–H and O–H groups in total. The first-order valence-electron chi connectivity index (χ1n) is 11.9. The largest absolute Gasteiger partial charge is 0.419 e. The number of rotatable bonds is 10. The second-order valence-corrected chi connectivity index (χ2v) is 10.8. The molecule has 3 rings (SSSR count). The fraction of sp³-hybridized carbons (Fsp3) is 0.259. The number of nitrogens with one attached hydrogen (secondary N) is 3. The molecule has 5 nitrogen and oxygen atoms in total. The zero-order chi connectivity index (χ0) is 31.6. The van der Waals surface area contributed by atoms with Gasteiger partial charge in [0.15, 0.2) is 5.83 Å². The van der Waals surface area contributed by atoms with Crippen LogP contribution in [-0.4, -0.2) is 29.4 Å². The number of hydrogen-bond acceptors (Lipinski definition) is 3. The monoisotopic (exact) mass is 657 g/mol. The highest BCUT2D eigenvalue weighted by Gasteiger charge is 2.67. The zero-order valence-corrected chi connectivity index (χ0v) is 23.7. The maximum absolute atomic E-state index is 14.9. The average molecular weight is 659 g/mol. The van der Waals surface area contributed by atoms with Gasteiger partial charge in [-0.05, 0) is 42.8 Å². The zero-order valence-electron chi connectivity index (χ0n) is 21.4. The SMILES string of the molecule is C=C(F)/C(NCCF)=C(F)\C(=C/C)NC(=O)c1cc(NC(=O)[C@H]2[C@H](c3ccc(F)c(C(F)(F)F)c3)C2(Cl)Cl)ccc1Cl. The topological polar surface area (TPSA) is 70.2 Å². The summed E-state index contributed by atoms with van der Waals surface area (Å²) in [5, 5.41) is 6.69. The first-order valence-corrected chi connectivity index (χ1v) is 13.0. The fourth-order valence-electron chi connectivity index (χ4n) is 4.06. The number of benzene rings is 2. The van der Waals surface area contributed by atoms with E-state index in [1.165, 1.54) is 19.1 Å². The van der Waals surface area contributed by atoms with E-state index in [1.807, 2.05) is 0 Å². The highest BCUT2D eigenvalue weighted by molar-refractivity contribution is 6.53. The van der Waals surface area contributed by atoms with Gasteiger partial charge in [0.25, 0.3) is 5.91 Å². The lowest BCUT2D eigenvalue weighted by Crippen LogP contribution is -2.26. The molecular formula is C27H21Cl3F7N3O2. The van der Waals surface area contributed by atoms with Crippen LogP contribution in [0.5, 0.6) is 0 Å². The molecule has 0 heterocycles. The minimum atomic E-state index is -4.99. The first kappa shape index (κ1) is 33.3. The Morgan fingerprint density at radius 2 is 1.79 bits per heavy atom. The number of anilines is 1. The lowest BCUT2D eigenvalue weighted by atomic mass is 10.0. The van der Waals surface area contributed by atoms with Gasteiger partial charge in [-0.3, -0.25) is 9.59 Å². The molecule has 1 fully saturated rings. The van der Waals surface area contributed by atoms with Crippen LogP contribution in [0.4, 0.5) is 36.4 Å². The average Bonchev–Trinajstić information content (AvgIpc) is 3.49. The summed E-state index contributed by atoms with van der Waals surface area (Å²) in [5.74, 6) is -8.21. The van der Waals surface area contributed by atoms with Crippen molar-refractivity contribution in [3.63, 3.8) is 0 Å². The van der Waals surface area contributed by atoms with E-state index in [2.05, 4.69) is 22.5 Å². The molecule has 2 amide bonds. The molecule has 15 heteroatoms. The van der Waals surface area contributed by atoms with Crippen molar-refractivity contribution in [1.29, 1.82) is 0 Å². The number of alkyl halides is 6. The third kappa shape index (κ3) is 7.22. The Balaban J connectivity index is 1.81. The van der Waals surface area contributed by atoms with Gasteiger partial charge in [-0.15, -0.1) is 23.2 Å². The molecule has 2 aromatic carbocycles. The number of carbonyl (C=O) groups excluding carboxylic acids is 2. The Morgan fingerprint density at radius 1 is 1.12 bits per heavy atom. The van der Waals surface area contributed by atoms with Crippen LogP contribution in [0.2, 0.25) is 5.02 Å². The number of halogens is 10. The number of allylic oxidation sites excluding steroid dienone is 3.